The summed E-state index contributed by atoms with van der Waals surface area (Å²) in [6.07, 6.45) is 2.62. The molecule has 9 nitrogen and oxygen atoms in total. The van der Waals surface area contributed by atoms with Crippen molar-refractivity contribution in [1.82, 2.24) is 0 Å². The molecule has 0 aromatic carbocycles. The van der Waals surface area contributed by atoms with Gasteiger partial charge in [-0.15, -0.1) is 0 Å². The summed E-state index contributed by atoms with van der Waals surface area (Å²) in [6, 6.07) is 0. The van der Waals surface area contributed by atoms with Crippen LogP contribution < -0.4 is 0 Å². The van der Waals surface area contributed by atoms with Crippen LogP contribution in [0.5, 0.6) is 0 Å². The summed E-state index contributed by atoms with van der Waals surface area (Å²) in [5, 5.41) is 20.3. The Balaban J connectivity index is 5.53. The molecule has 2 unspecified atom stereocenters. The number of carbonyl (C=O) groups is 4. The third-order valence-corrected chi connectivity index (χ3v) is 3.96. The van der Waals surface area contributed by atoms with Crippen LogP contribution >= 0.6 is 0 Å². The molecule has 0 aliphatic carbocycles. The molecule has 0 heterocycles. The molecule has 0 spiro atoms. The molecule has 162 valence electrons. The molecule has 0 saturated carbocycles. The van der Waals surface area contributed by atoms with Gasteiger partial charge in [-0.25, -0.2) is 4.79 Å². The Morgan fingerprint density at radius 3 is 1.75 bits per heavy atom. The van der Waals surface area contributed by atoms with Gasteiger partial charge in [0.05, 0.1) is 26.2 Å². The van der Waals surface area contributed by atoms with Crippen molar-refractivity contribution < 1.29 is 43.6 Å². The number of carboxylic acid groups (broad SMARTS) is 1. The highest BCUT2D eigenvalue weighted by molar-refractivity contribution is 6.03. The molecule has 0 bridgehead atoms. The predicted molar refractivity (Wildman–Crippen MR) is 98.3 cm³/mol. The van der Waals surface area contributed by atoms with Crippen molar-refractivity contribution in [3.05, 3.63) is 0 Å². The Bertz CT molecular complexity index is 518. The van der Waals surface area contributed by atoms with Gasteiger partial charge in [-0.3, -0.25) is 14.4 Å². The number of rotatable bonds is 15. The number of aliphatic carboxylic acids is 1. The first-order chi connectivity index (χ1) is 13.2. The number of carbonyl (C=O) groups excluding carboxylic acids is 3. The van der Waals surface area contributed by atoms with Gasteiger partial charge in [-0.1, -0.05) is 40.0 Å². The number of carboxylic acids is 1. The van der Waals surface area contributed by atoms with Crippen molar-refractivity contribution in [2.75, 3.05) is 19.8 Å². The Kier molecular flexibility index (Phi) is 12.9. The average Bonchev–Trinajstić information content (AvgIpc) is 2.61. The van der Waals surface area contributed by atoms with Gasteiger partial charge in [0.25, 0.3) is 0 Å². The molecule has 28 heavy (non-hydrogen) atoms. The molecule has 2 atom stereocenters. The highest BCUT2D eigenvalue weighted by atomic mass is 16.6. The zero-order valence-corrected chi connectivity index (χ0v) is 16.9. The standard InChI is InChI=1S/C19H32O9/c1-4-7-10-26-14(20)13-19(25,18(24)28-12-9-6-3)15(16(21)22)17(23)27-11-8-5-2/h15,25H,4-13H2,1-3H3,(H,21,22). The fourth-order valence-electron chi connectivity index (χ4n) is 2.23. The summed E-state index contributed by atoms with van der Waals surface area (Å²) < 4.78 is 14.7. The van der Waals surface area contributed by atoms with E-state index < -0.39 is 41.8 Å². The van der Waals surface area contributed by atoms with Gasteiger partial charge in [0.2, 0.25) is 0 Å². The number of hydrogen-bond acceptors (Lipinski definition) is 8. The lowest BCUT2D eigenvalue weighted by atomic mass is 9.84. The second-order valence-corrected chi connectivity index (χ2v) is 6.46. The van der Waals surface area contributed by atoms with Crippen molar-refractivity contribution in [1.29, 1.82) is 0 Å². The first kappa shape index (κ1) is 25.8. The maximum absolute atomic E-state index is 12.4. The molecule has 2 N–H and O–H groups in total. The number of hydrogen-bond donors (Lipinski definition) is 2. The van der Waals surface area contributed by atoms with Crippen LogP contribution in [0.3, 0.4) is 0 Å². The molecule has 0 saturated heterocycles. The van der Waals surface area contributed by atoms with E-state index in [0.717, 1.165) is 6.42 Å². The minimum atomic E-state index is -2.92. The summed E-state index contributed by atoms with van der Waals surface area (Å²) >= 11 is 0. The minimum Gasteiger partial charge on any atom is -0.481 e. The molecule has 0 fully saturated rings. The van der Waals surface area contributed by atoms with Gasteiger partial charge < -0.3 is 24.4 Å². The van der Waals surface area contributed by atoms with Crippen molar-refractivity contribution >= 4 is 23.9 Å². The van der Waals surface area contributed by atoms with Crippen LogP contribution in [0.2, 0.25) is 0 Å². The van der Waals surface area contributed by atoms with E-state index >= 15 is 0 Å². The third kappa shape index (κ3) is 8.69. The third-order valence-electron chi connectivity index (χ3n) is 3.96. The van der Waals surface area contributed by atoms with E-state index in [1.54, 1.807) is 0 Å². The largest absolute Gasteiger partial charge is 0.481 e. The fraction of sp³-hybridized carbons (Fsp3) is 0.789. The zero-order chi connectivity index (χ0) is 21.6. The van der Waals surface area contributed by atoms with Gasteiger partial charge in [-0.05, 0) is 19.3 Å². The maximum Gasteiger partial charge on any atom is 0.340 e. The van der Waals surface area contributed by atoms with Crippen LogP contribution in [0.4, 0.5) is 0 Å². The Hall–Kier alpha value is -2.16. The normalized spacial score (nSPS) is 13.9. The summed E-state index contributed by atoms with van der Waals surface area (Å²) in [7, 11) is 0. The van der Waals surface area contributed by atoms with Gasteiger partial charge >= 0.3 is 23.9 Å². The molecule has 0 rings (SSSR count). The molecule has 0 aliphatic heterocycles. The number of esters is 3. The molecule has 9 heteroatoms. The number of aliphatic hydroxyl groups is 1. The maximum atomic E-state index is 12.4. The quantitative estimate of drug-likeness (QED) is 0.181. The van der Waals surface area contributed by atoms with E-state index in [1.807, 2.05) is 20.8 Å². The lowest BCUT2D eigenvalue weighted by Crippen LogP contribution is -2.55. The first-order valence-corrected chi connectivity index (χ1v) is 9.69. The average molecular weight is 404 g/mol. The monoisotopic (exact) mass is 404 g/mol. The van der Waals surface area contributed by atoms with Crippen LogP contribution in [0.15, 0.2) is 0 Å². The van der Waals surface area contributed by atoms with E-state index in [0.29, 0.717) is 32.1 Å². The molecular weight excluding hydrogens is 372 g/mol. The summed E-state index contributed by atoms with van der Waals surface area (Å²) in [4.78, 5) is 48.4. The van der Waals surface area contributed by atoms with Crippen LogP contribution in [-0.2, 0) is 33.4 Å². The van der Waals surface area contributed by atoms with E-state index in [-0.39, 0.29) is 19.8 Å². The van der Waals surface area contributed by atoms with Gasteiger partial charge in [0.15, 0.2) is 11.5 Å². The first-order valence-electron chi connectivity index (χ1n) is 9.69. The molecular formula is C19H32O9. The highest BCUT2D eigenvalue weighted by Gasteiger charge is 2.56. The Morgan fingerprint density at radius 1 is 0.821 bits per heavy atom. The lowest BCUT2D eigenvalue weighted by molar-refractivity contribution is -0.192. The van der Waals surface area contributed by atoms with Gasteiger partial charge in [-0.2, -0.15) is 0 Å². The molecule has 0 aromatic heterocycles. The summed E-state index contributed by atoms with van der Waals surface area (Å²) in [5.74, 6) is -7.78. The zero-order valence-electron chi connectivity index (χ0n) is 16.9. The van der Waals surface area contributed by atoms with E-state index in [4.69, 9.17) is 14.2 Å². The van der Waals surface area contributed by atoms with E-state index in [2.05, 4.69) is 0 Å². The van der Waals surface area contributed by atoms with E-state index in [1.165, 1.54) is 0 Å². The van der Waals surface area contributed by atoms with Crippen molar-refractivity contribution in [2.24, 2.45) is 5.92 Å². The molecule has 0 aromatic rings. The van der Waals surface area contributed by atoms with Crippen LogP contribution in [0, 0.1) is 5.92 Å². The molecule has 0 amide bonds. The fourth-order valence-corrected chi connectivity index (χ4v) is 2.23. The topological polar surface area (TPSA) is 136 Å². The Morgan fingerprint density at radius 2 is 1.29 bits per heavy atom. The summed E-state index contributed by atoms with van der Waals surface area (Å²) in [6.45, 7) is 5.46. The summed E-state index contributed by atoms with van der Waals surface area (Å²) in [5.41, 5.74) is -2.92. The van der Waals surface area contributed by atoms with Crippen molar-refractivity contribution in [3.63, 3.8) is 0 Å². The smallest absolute Gasteiger partial charge is 0.340 e. The SMILES string of the molecule is CCCCOC(=O)CC(O)(C(=O)OCCCC)C(C(=O)O)C(=O)OCCCC. The highest BCUT2D eigenvalue weighted by Crippen LogP contribution is 2.27. The van der Waals surface area contributed by atoms with E-state index in [9.17, 15) is 29.4 Å². The van der Waals surface area contributed by atoms with Crippen LogP contribution in [-0.4, -0.2) is 59.5 Å². The Labute approximate surface area is 165 Å². The van der Waals surface area contributed by atoms with Crippen molar-refractivity contribution in [3.8, 4) is 0 Å². The van der Waals surface area contributed by atoms with Crippen LogP contribution in [0.1, 0.15) is 65.7 Å². The lowest BCUT2D eigenvalue weighted by Gasteiger charge is -2.29. The predicted octanol–water partition coefficient (Wildman–Crippen LogP) is 1.84. The number of unbranched alkanes of at least 4 members (excludes halogenated alkanes) is 3. The second-order valence-electron chi connectivity index (χ2n) is 6.46. The minimum absolute atomic E-state index is 0.0506. The molecule has 0 aliphatic rings. The molecule has 0 radical (unpaired) electrons. The van der Waals surface area contributed by atoms with Crippen LogP contribution in [0.25, 0.3) is 0 Å². The van der Waals surface area contributed by atoms with Gasteiger partial charge in [0.1, 0.15) is 0 Å². The van der Waals surface area contributed by atoms with Gasteiger partial charge in [0, 0.05) is 0 Å². The number of ether oxygens (including phenoxy) is 3. The van der Waals surface area contributed by atoms with Crippen molar-refractivity contribution in [2.45, 2.75) is 71.3 Å². The second kappa shape index (κ2) is 13.9.